The molecule has 2 fully saturated rings. The number of hydrogen-bond acceptors (Lipinski definition) is 2. The lowest BCUT2D eigenvalue weighted by Gasteiger charge is -2.46. The highest BCUT2D eigenvalue weighted by Crippen LogP contribution is 2.69. The molecule has 0 saturated heterocycles. The minimum atomic E-state index is -2.10. The summed E-state index contributed by atoms with van der Waals surface area (Å²) >= 11 is 0. The van der Waals surface area contributed by atoms with E-state index in [0.29, 0.717) is 46.6 Å². The van der Waals surface area contributed by atoms with Crippen molar-refractivity contribution in [1.82, 2.24) is 0 Å². The fourth-order valence-electron chi connectivity index (χ4n) is 10.9. The number of aryl methyl sites for hydroxylation is 2. The van der Waals surface area contributed by atoms with Gasteiger partial charge >= 0.3 is 0 Å². The molecule has 240 valence electrons. The van der Waals surface area contributed by atoms with Gasteiger partial charge in [0.1, 0.15) is 23.0 Å². The first-order valence-corrected chi connectivity index (χ1v) is 20.9. The number of rotatable bonds is 6. The van der Waals surface area contributed by atoms with Gasteiger partial charge in [0.15, 0.2) is 0 Å². The van der Waals surface area contributed by atoms with Crippen LogP contribution in [0.25, 0.3) is 11.1 Å². The topological polar surface area (TPSA) is 26.3 Å². The zero-order chi connectivity index (χ0) is 32.4. The molecule has 0 bridgehead atoms. The maximum absolute atomic E-state index is 6.58. The predicted molar refractivity (Wildman–Crippen MR) is 197 cm³/mol. The zero-order valence-corrected chi connectivity index (χ0v) is 29.7. The third-order valence-corrected chi connectivity index (χ3v) is 17.5. The first kappa shape index (κ1) is 30.5. The molecule has 0 spiro atoms. The summed E-state index contributed by atoms with van der Waals surface area (Å²) in [5, 5.41) is 0. The van der Waals surface area contributed by atoms with Gasteiger partial charge in [0.25, 0.3) is 0 Å². The molecule has 47 heavy (non-hydrogen) atoms. The quantitative estimate of drug-likeness (QED) is 0.197. The summed E-state index contributed by atoms with van der Waals surface area (Å²) in [6.45, 7) is 14.3. The van der Waals surface area contributed by atoms with Gasteiger partial charge in [0.05, 0.1) is 8.07 Å². The van der Waals surface area contributed by atoms with E-state index < -0.39 is 8.07 Å². The highest BCUT2D eigenvalue weighted by molar-refractivity contribution is 6.81. The molecule has 0 amide bonds. The maximum Gasteiger partial charge on any atom is 0.107 e. The molecular weight excluding hydrogens is 589 g/mol. The lowest BCUT2D eigenvalue weighted by atomic mass is 9.78. The largest absolute Gasteiger partial charge is 0.466 e. The zero-order valence-electron chi connectivity index (χ0n) is 28.7. The van der Waals surface area contributed by atoms with Crippen LogP contribution in [0.15, 0.2) is 129 Å². The third-order valence-electron chi connectivity index (χ3n) is 12.5. The second kappa shape index (κ2) is 11.7. The van der Waals surface area contributed by atoms with Crippen LogP contribution in [0.4, 0.5) is 0 Å². The molecule has 8 rings (SSSR count). The summed E-state index contributed by atoms with van der Waals surface area (Å²) in [5.41, 5.74) is 9.78. The molecule has 0 N–H and O–H groups in total. The summed E-state index contributed by atoms with van der Waals surface area (Å²) in [6, 6.07) is 31.3. The van der Waals surface area contributed by atoms with Gasteiger partial charge in [-0.2, -0.15) is 0 Å². The fourth-order valence-corrected chi connectivity index (χ4v) is 16.6. The Morgan fingerprint density at radius 1 is 0.511 bits per heavy atom. The van der Waals surface area contributed by atoms with Crippen molar-refractivity contribution in [3.8, 4) is 0 Å². The Labute approximate surface area is 282 Å². The van der Waals surface area contributed by atoms with Crippen LogP contribution in [0.3, 0.4) is 0 Å². The molecule has 8 unspecified atom stereocenters. The average molecular weight is 637 g/mol. The standard InChI is InChI=1S/C44H48O2Si/c1-27-17-21-33-35(41(27)31-13-9-7-10-14-31)25-37(39-23-19-29(3)45-39)43(33)47(5,6)44-34-22-18-28(2)42(32-15-11-8-12-16-32)36(34)26-38(44)40-24-20-30(4)46-40/h7-24,33-38,43-44H,25-26H2,1-6H3. The molecule has 2 nitrogen and oxygen atoms in total. The lowest BCUT2D eigenvalue weighted by molar-refractivity contribution is 0.423. The summed E-state index contributed by atoms with van der Waals surface area (Å²) in [7, 11) is -2.10. The van der Waals surface area contributed by atoms with Crippen molar-refractivity contribution in [3.05, 3.63) is 155 Å². The van der Waals surface area contributed by atoms with Crippen LogP contribution in [0.2, 0.25) is 24.2 Å². The van der Waals surface area contributed by atoms with E-state index >= 15 is 0 Å². The third kappa shape index (κ3) is 5.04. The highest BCUT2D eigenvalue weighted by atomic mass is 28.3. The van der Waals surface area contributed by atoms with E-state index in [4.69, 9.17) is 8.83 Å². The van der Waals surface area contributed by atoms with E-state index in [2.05, 4.69) is 150 Å². The molecule has 2 saturated carbocycles. The van der Waals surface area contributed by atoms with Crippen molar-refractivity contribution in [2.45, 2.75) is 76.5 Å². The summed E-state index contributed by atoms with van der Waals surface area (Å²) in [5.74, 6) is 7.17. The summed E-state index contributed by atoms with van der Waals surface area (Å²) in [4.78, 5) is 0. The van der Waals surface area contributed by atoms with E-state index in [9.17, 15) is 0 Å². The van der Waals surface area contributed by atoms with Crippen molar-refractivity contribution in [2.75, 3.05) is 0 Å². The van der Waals surface area contributed by atoms with Gasteiger partial charge in [-0.1, -0.05) is 98.1 Å². The van der Waals surface area contributed by atoms with Gasteiger partial charge in [-0.05, 0) is 133 Å². The van der Waals surface area contributed by atoms with Gasteiger partial charge in [0.2, 0.25) is 0 Å². The van der Waals surface area contributed by atoms with Crippen LogP contribution in [0, 0.1) is 37.5 Å². The van der Waals surface area contributed by atoms with Crippen LogP contribution >= 0.6 is 0 Å². The molecule has 2 heterocycles. The van der Waals surface area contributed by atoms with E-state index in [1.165, 1.54) is 33.8 Å². The van der Waals surface area contributed by atoms with E-state index in [0.717, 1.165) is 24.4 Å². The molecule has 4 aromatic rings. The molecule has 4 aliphatic carbocycles. The monoisotopic (exact) mass is 636 g/mol. The van der Waals surface area contributed by atoms with Gasteiger partial charge < -0.3 is 8.83 Å². The second-order valence-corrected chi connectivity index (χ2v) is 20.4. The first-order chi connectivity index (χ1) is 22.7. The average Bonchev–Trinajstić information content (AvgIpc) is 3.86. The van der Waals surface area contributed by atoms with E-state index in [-0.39, 0.29) is 0 Å². The van der Waals surface area contributed by atoms with Crippen molar-refractivity contribution >= 4 is 19.2 Å². The van der Waals surface area contributed by atoms with Gasteiger partial charge in [-0.3, -0.25) is 0 Å². The smallest absolute Gasteiger partial charge is 0.107 e. The maximum atomic E-state index is 6.58. The molecule has 0 aliphatic heterocycles. The van der Waals surface area contributed by atoms with Crippen LogP contribution in [0.1, 0.15) is 72.7 Å². The Morgan fingerprint density at radius 3 is 1.28 bits per heavy atom. The van der Waals surface area contributed by atoms with Gasteiger partial charge in [-0.25, -0.2) is 0 Å². The van der Waals surface area contributed by atoms with Gasteiger partial charge in [-0.15, -0.1) is 0 Å². The molecule has 0 radical (unpaired) electrons. The van der Waals surface area contributed by atoms with E-state index in [1.54, 1.807) is 11.1 Å². The van der Waals surface area contributed by atoms with E-state index in [1.807, 2.05) is 0 Å². The Kier molecular flexibility index (Phi) is 7.59. The number of benzene rings is 2. The number of hydrogen-bond donors (Lipinski definition) is 0. The first-order valence-electron chi connectivity index (χ1n) is 17.7. The van der Waals surface area contributed by atoms with Crippen molar-refractivity contribution in [3.63, 3.8) is 0 Å². The molecule has 2 aromatic heterocycles. The molecule has 8 atom stereocenters. The van der Waals surface area contributed by atoms with Crippen LogP contribution in [0.5, 0.6) is 0 Å². The Bertz CT molecular complexity index is 1760. The number of allylic oxidation sites excluding steroid dienone is 8. The second-order valence-electron chi connectivity index (χ2n) is 15.5. The number of fused-ring (bicyclic) bond motifs is 2. The molecule has 2 aromatic carbocycles. The molecular formula is C44H48O2Si. The van der Waals surface area contributed by atoms with Crippen LogP contribution in [-0.2, 0) is 0 Å². The van der Waals surface area contributed by atoms with Crippen molar-refractivity contribution in [2.24, 2.45) is 23.7 Å². The number of furan rings is 2. The van der Waals surface area contributed by atoms with Crippen molar-refractivity contribution in [1.29, 1.82) is 0 Å². The van der Waals surface area contributed by atoms with Crippen LogP contribution in [-0.4, -0.2) is 8.07 Å². The molecule has 3 heteroatoms. The molecule has 4 aliphatic rings. The van der Waals surface area contributed by atoms with Crippen molar-refractivity contribution < 1.29 is 8.83 Å². The minimum Gasteiger partial charge on any atom is -0.466 e. The summed E-state index contributed by atoms with van der Waals surface area (Å²) < 4.78 is 13.2. The highest BCUT2D eigenvalue weighted by Gasteiger charge is 2.61. The fraction of sp³-hybridized carbons (Fsp3) is 0.364. The Balaban J connectivity index is 1.26. The minimum absolute atomic E-state index is 0.395. The predicted octanol–water partition coefficient (Wildman–Crippen LogP) is 12.2. The lowest BCUT2D eigenvalue weighted by Crippen LogP contribution is -2.45. The van der Waals surface area contributed by atoms with Gasteiger partial charge in [0, 0.05) is 11.8 Å². The summed E-state index contributed by atoms with van der Waals surface area (Å²) in [6.07, 6.45) is 12.4. The Morgan fingerprint density at radius 2 is 0.915 bits per heavy atom. The SMILES string of the molecule is CC1=C(c2ccccc2)C2CC(c3ccc(C)o3)C([Si](C)(C)C3C(c4ccc(C)o4)CC4C(c5ccccc5)=C(C)C=CC43)C2C=C1. The normalized spacial score (nSPS) is 30.3. The Hall–Kier alpha value is -3.82. The van der Waals surface area contributed by atoms with Crippen LogP contribution < -0.4 is 0 Å².